The summed E-state index contributed by atoms with van der Waals surface area (Å²) in [6, 6.07) is 0.425. The third-order valence-electron chi connectivity index (χ3n) is 4.82. The summed E-state index contributed by atoms with van der Waals surface area (Å²) in [5.74, 6) is 2.41. The van der Waals surface area contributed by atoms with Crippen LogP contribution in [0.3, 0.4) is 0 Å². The Morgan fingerprint density at radius 2 is 2.06 bits per heavy atom. The summed E-state index contributed by atoms with van der Waals surface area (Å²) in [6.45, 7) is 2.99. The van der Waals surface area contributed by atoms with E-state index in [-0.39, 0.29) is 6.04 Å². The van der Waals surface area contributed by atoms with Crippen LogP contribution < -0.4 is 5.73 Å². The largest absolute Gasteiger partial charge is 0.338 e. The Balaban J connectivity index is 1.63. The lowest BCUT2D eigenvalue weighted by Crippen LogP contribution is -2.52. The Hall–Kier alpha value is -0.570. The van der Waals surface area contributed by atoms with Gasteiger partial charge in [0.2, 0.25) is 5.91 Å². The number of nitrogens with two attached hydrogens (primary N) is 1. The molecule has 3 rings (SSSR count). The molecule has 3 heteroatoms. The fourth-order valence-corrected chi connectivity index (χ4v) is 3.53. The van der Waals surface area contributed by atoms with Crippen molar-refractivity contribution in [3.8, 4) is 0 Å². The van der Waals surface area contributed by atoms with Gasteiger partial charge in [0.25, 0.3) is 0 Å². The highest BCUT2D eigenvalue weighted by Gasteiger charge is 2.53. The molecular formula is C14H24N2O. The molecule has 0 aromatic carbocycles. The number of piperidine rings is 1. The molecule has 3 aliphatic rings. The van der Waals surface area contributed by atoms with Gasteiger partial charge in [-0.25, -0.2) is 0 Å². The highest BCUT2D eigenvalue weighted by molar-refractivity contribution is 5.82. The SMILES string of the molecule is C[C@H](N)[C@@H]1CCCCN1C(=O)[C@@H]1C[C@H]1C1CC1. The molecule has 1 saturated heterocycles. The van der Waals surface area contributed by atoms with Crippen LogP contribution in [-0.4, -0.2) is 29.4 Å². The van der Waals surface area contributed by atoms with Crippen molar-refractivity contribution in [3.63, 3.8) is 0 Å². The summed E-state index contributed by atoms with van der Waals surface area (Å²) in [4.78, 5) is 14.6. The van der Waals surface area contributed by atoms with E-state index in [1.165, 1.54) is 19.3 Å². The van der Waals surface area contributed by atoms with Crippen LogP contribution in [-0.2, 0) is 4.79 Å². The van der Waals surface area contributed by atoms with Gasteiger partial charge in [-0.05, 0) is 57.3 Å². The number of likely N-dealkylation sites (tertiary alicyclic amines) is 1. The first kappa shape index (κ1) is 11.5. The van der Waals surface area contributed by atoms with Crippen molar-refractivity contribution in [1.82, 2.24) is 4.90 Å². The molecule has 2 aliphatic carbocycles. The molecule has 1 aliphatic heterocycles. The van der Waals surface area contributed by atoms with E-state index in [9.17, 15) is 4.79 Å². The Morgan fingerprint density at radius 1 is 1.29 bits per heavy atom. The van der Waals surface area contributed by atoms with Crippen molar-refractivity contribution < 1.29 is 4.79 Å². The topological polar surface area (TPSA) is 46.3 Å². The summed E-state index contributed by atoms with van der Waals surface area (Å²) >= 11 is 0. The van der Waals surface area contributed by atoms with E-state index in [0.717, 1.165) is 37.6 Å². The van der Waals surface area contributed by atoms with E-state index in [0.29, 0.717) is 17.9 Å². The van der Waals surface area contributed by atoms with E-state index < -0.39 is 0 Å². The van der Waals surface area contributed by atoms with Gasteiger partial charge in [0, 0.05) is 24.5 Å². The van der Waals surface area contributed by atoms with Crippen LogP contribution in [0.1, 0.15) is 45.4 Å². The summed E-state index contributed by atoms with van der Waals surface area (Å²) in [5.41, 5.74) is 6.03. The number of amides is 1. The maximum Gasteiger partial charge on any atom is 0.226 e. The summed E-state index contributed by atoms with van der Waals surface area (Å²) in [5, 5.41) is 0. The second kappa shape index (κ2) is 4.27. The Bertz CT molecular complexity index is 311. The first-order chi connectivity index (χ1) is 8.18. The number of carbonyl (C=O) groups excluding carboxylic acids is 1. The van der Waals surface area contributed by atoms with Gasteiger partial charge in [-0.3, -0.25) is 4.79 Å². The van der Waals surface area contributed by atoms with Crippen LogP contribution in [0.25, 0.3) is 0 Å². The number of nitrogens with zero attached hydrogens (tertiary/aromatic N) is 1. The second-order valence-corrected chi connectivity index (χ2v) is 6.30. The molecule has 0 bridgehead atoms. The summed E-state index contributed by atoms with van der Waals surface area (Å²) in [6.07, 6.45) is 7.38. The number of hydrogen-bond donors (Lipinski definition) is 1. The third kappa shape index (κ3) is 2.22. The van der Waals surface area contributed by atoms with Crippen LogP contribution in [0.4, 0.5) is 0 Å². The molecule has 1 heterocycles. The van der Waals surface area contributed by atoms with Crippen molar-refractivity contribution in [2.24, 2.45) is 23.5 Å². The predicted octanol–water partition coefficient (Wildman–Crippen LogP) is 1.76. The quantitative estimate of drug-likeness (QED) is 0.811. The maximum absolute atomic E-state index is 12.5. The van der Waals surface area contributed by atoms with Gasteiger partial charge >= 0.3 is 0 Å². The zero-order valence-corrected chi connectivity index (χ0v) is 10.8. The molecule has 0 aromatic heterocycles. The average Bonchev–Trinajstić information content (AvgIpc) is 3.15. The van der Waals surface area contributed by atoms with Crippen LogP contribution in [0, 0.1) is 17.8 Å². The van der Waals surface area contributed by atoms with E-state index in [2.05, 4.69) is 4.90 Å². The van der Waals surface area contributed by atoms with E-state index in [4.69, 9.17) is 5.73 Å². The minimum Gasteiger partial charge on any atom is -0.338 e. The highest BCUT2D eigenvalue weighted by Crippen LogP contribution is 2.55. The molecule has 3 fully saturated rings. The summed E-state index contributed by atoms with van der Waals surface area (Å²) in [7, 11) is 0. The molecule has 4 atom stereocenters. The van der Waals surface area contributed by atoms with Gasteiger partial charge in [0.1, 0.15) is 0 Å². The molecule has 0 unspecified atom stereocenters. The molecule has 0 radical (unpaired) electrons. The Morgan fingerprint density at radius 3 is 2.71 bits per heavy atom. The first-order valence-corrected chi connectivity index (χ1v) is 7.24. The van der Waals surface area contributed by atoms with Crippen LogP contribution in [0.15, 0.2) is 0 Å². The van der Waals surface area contributed by atoms with Crippen molar-refractivity contribution in [3.05, 3.63) is 0 Å². The standard InChI is InChI=1S/C14H24N2O/c1-9(15)13-4-2-3-7-16(13)14(17)12-8-11(12)10-5-6-10/h9-13H,2-8,15H2,1H3/t9-,11-,12+,13-/m0/s1. The predicted molar refractivity (Wildman–Crippen MR) is 67.3 cm³/mol. The monoisotopic (exact) mass is 236 g/mol. The minimum absolute atomic E-state index is 0.123. The molecular weight excluding hydrogens is 212 g/mol. The van der Waals surface area contributed by atoms with Crippen LogP contribution >= 0.6 is 0 Å². The minimum atomic E-state index is 0.123. The Labute approximate surface area is 104 Å². The molecule has 17 heavy (non-hydrogen) atoms. The van der Waals surface area contributed by atoms with Crippen LogP contribution in [0.5, 0.6) is 0 Å². The van der Waals surface area contributed by atoms with Crippen molar-refractivity contribution >= 4 is 5.91 Å². The highest BCUT2D eigenvalue weighted by atomic mass is 16.2. The van der Waals surface area contributed by atoms with Crippen molar-refractivity contribution in [2.45, 2.75) is 57.5 Å². The van der Waals surface area contributed by atoms with Crippen molar-refractivity contribution in [2.75, 3.05) is 6.54 Å². The lowest BCUT2D eigenvalue weighted by atomic mass is 9.96. The van der Waals surface area contributed by atoms with Gasteiger partial charge in [0.15, 0.2) is 0 Å². The fraction of sp³-hybridized carbons (Fsp3) is 0.929. The number of carbonyl (C=O) groups is 1. The molecule has 1 amide bonds. The maximum atomic E-state index is 12.5. The van der Waals surface area contributed by atoms with Gasteiger partial charge in [0.05, 0.1) is 0 Å². The third-order valence-corrected chi connectivity index (χ3v) is 4.82. The molecule has 96 valence electrons. The van der Waals surface area contributed by atoms with E-state index >= 15 is 0 Å². The summed E-state index contributed by atoms with van der Waals surface area (Å²) < 4.78 is 0. The smallest absolute Gasteiger partial charge is 0.226 e. The van der Waals surface area contributed by atoms with E-state index in [1.807, 2.05) is 6.92 Å². The van der Waals surface area contributed by atoms with Crippen LogP contribution in [0.2, 0.25) is 0 Å². The normalized spacial score (nSPS) is 38.9. The molecule has 0 spiro atoms. The lowest BCUT2D eigenvalue weighted by Gasteiger charge is -2.38. The zero-order chi connectivity index (χ0) is 12.0. The molecule has 3 nitrogen and oxygen atoms in total. The number of hydrogen-bond acceptors (Lipinski definition) is 2. The fourth-order valence-electron chi connectivity index (χ4n) is 3.53. The van der Waals surface area contributed by atoms with Crippen molar-refractivity contribution in [1.29, 1.82) is 0 Å². The van der Waals surface area contributed by atoms with Gasteiger partial charge < -0.3 is 10.6 Å². The lowest BCUT2D eigenvalue weighted by molar-refractivity contribution is -0.137. The average molecular weight is 236 g/mol. The number of rotatable bonds is 3. The van der Waals surface area contributed by atoms with Gasteiger partial charge in [-0.15, -0.1) is 0 Å². The second-order valence-electron chi connectivity index (χ2n) is 6.30. The zero-order valence-electron chi connectivity index (χ0n) is 10.8. The van der Waals surface area contributed by atoms with Gasteiger partial charge in [-0.2, -0.15) is 0 Å². The molecule has 2 N–H and O–H groups in total. The molecule has 2 saturated carbocycles. The molecule has 0 aromatic rings. The van der Waals surface area contributed by atoms with E-state index in [1.54, 1.807) is 0 Å². The van der Waals surface area contributed by atoms with Gasteiger partial charge in [-0.1, -0.05) is 0 Å². The first-order valence-electron chi connectivity index (χ1n) is 7.24. The Kier molecular flexibility index (Phi) is 2.89.